The molecule has 0 spiro atoms. The Kier molecular flexibility index (Phi) is 7.16. The number of carbonyl (C=O) groups is 2. The molecule has 0 bridgehead atoms. The first-order chi connectivity index (χ1) is 7.63. The van der Waals surface area contributed by atoms with Crippen LogP contribution in [0.1, 0.15) is 5.56 Å². The van der Waals surface area contributed by atoms with Crippen LogP contribution in [-0.2, 0) is 16.0 Å². The van der Waals surface area contributed by atoms with Gasteiger partial charge in [0, 0.05) is 6.42 Å². The number of amides is 1. The van der Waals surface area contributed by atoms with Gasteiger partial charge in [-0.1, -0.05) is 30.3 Å². The molecular formula is C11H15BrN2O3. The molecule has 5 nitrogen and oxygen atoms in total. The minimum Gasteiger partial charge on any atom is -0.480 e. The zero-order valence-corrected chi connectivity index (χ0v) is 10.8. The number of nitrogens with one attached hydrogen (secondary N) is 1. The minimum atomic E-state index is -1.06. The van der Waals surface area contributed by atoms with E-state index in [4.69, 9.17) is 10.8 Å². The lowest BCUT2D eigenvalue weighted by molar-refractivity contribution is -0.141. The summed E-state index contributed by atoms with van der Waals surface area (Å²) >= 11 is 0. The number of benzene rings is 1. The summed E-state index contributed by atoms with van der Waals surface area (Å²) < 4.78 is 0. The number of carboxylic acid groups (broad SMARTS) is 1. The van der Waals surface area contributed by atoms with Crippen molar-refractivity contribution < 1.29 is 14.7 Å². The average Bonchev–Trinajstić information content (AvgIpc) is 2.29. The highest BCUT2D eigenvalue weighted by Gasteiger charge is 2.19. The molecule has 0 aliphatic carbocycles. The van der Waals surface area contributed by atoms with E-state index < -0.39 is 17.9 Å². The molecule has 1 aromatic carbocycles. The highest BCUT2D eigenvalue weighted by molar-refractivity contribution is 8.93. The van der Waals surface area contributed by atoms with Gasteiger partial charge in [-0.2, -0.15) is 0 Å². The molecule has 0 fully saturated rings. The number of hydrogen-bond acceptors (Lipinski definition) is 3. The smallest absolute Gasteiger partial charge is 0.326 e. The summed E-state index contributed by atoms with van der Waals surface area (Å²) in [5.74, 6) is -1.53. The second kappa shape index (κ2) is 7.81. The van der Waals surface area contributed by atoms with E-state index >= 15 is 0 Å². The Bertz CT molecular complexity index is 370. The number of nitrogens with two attached hydrogens (primary N) is 1. The van der Waals surface area contributed by atoms with Gasteiger partial charge in [0.2, 0.25) is 5.91 Å². The molecule has 0 aliphatic heterocycles. The van der Waals surface area contributed by atoms with Crippen molar-refractivity contribution in [3.8, 4) is 0 Å². The third kappa shape index (κ3) is 5.46. The Morgan fingerprint density at radius 1 is 1.29 bits per heavy atom. The van der Waals surface area contributed by atoms with Crippen LogP contribution < -0.4 is 11.1 Å². The highest BCUT2D eigenvalue weighted by atomic mass is 79.9. The number of rotatable bonds is 5. The summed E-state index contributed by atoms with van der Waals surface area (Å²) in [7, 11) is 0. The van der Waals surface area contributed by atoms with Gasteiger partial charge >= 0.3 is 5.97 Å². The van der Waals surface area contributed by atoms with Gasteiger partial charge in [-0.15, -0.1) is 17.0 Å². The summed E-state index contributed by atoms with van der Waals surface area (Å²) in [5.41, 5.74) is 5.96. The third-order valence-electron chi connectivity index (χ3n) is 2.10. The molecule has 17 heavy (non-hydrogen) atoms. The molecule has 1 rings (SSSR count). The van der Waals surface area contributed by atoms with Crippen molar-refractivity contribution in [3.63, 3.8) is 0 Å². The van der Waals surface area contributed by atoms with E-state index in [1.54, 1.807) is 0 Å². The van der Waals surface area contributed by atoms with Crippen molar-refractivity contribution in [1.82, 2.24) is 5.32 Å². The van der Waals surface area contributed by atoms with E-state index in [0.29, 0.717) is 0 Å². The fourth-order valence-corrected chi connectivity index (χ4v) is 1.30. The molecule has 6 heteroatoms. The van der Waals surface area contributed by atoms with Gasteiger partial charge in [0.15, 0.2) is 0 Å². The maximum Gasteiger partial charge on any atom is 0.326 e. The molecule has 0 unspecified atom stereocenters. The standard InChI is InChI=1S/C11H14N2O3.BrH/c12-7-10(14)13-9(11(15)16)6-8-4-2-1-3-5-8;/h1-5,9H,6-7,12H2,(H,13,14)(H,15,16);1H/t9-;/m0./s1. The predicted octanol–water partition coefficient (Wildman–Crippen LogP) is 0.335. The zero-order chi connectivity index (χ0) is 12.0. The summed E-state index contributed by atoms with van der Waals surface area (Å²) in [5, 5.41) is 11.3. The van der Waals surface area contributed by atoms with Crippen LogP contribution in [0.3, 0.4) is 0 Å². The van der Waals surface area contributed by atoms with E-state index in [-0.39, 0.29) is 29.9 Å². The molecule has 0 saturated carbocycles. The molecule has 1 atom stereocenters. The number of carbonyl (C=O) groups excluding carboxylic acids is 1. The predicted molar refractivity (Wildman–Crippen MR) is 69.1 cm³/mol. The number of carboxylic acids is 1. The SMILES string of the molecule is Br.NCC(=O)N[C@@H](Cc1ccccc1)C(=O)O. The first-order valence-corrected chi connectivity index (χ1v) is 4.89. The van der Waals surface area contributed by atoms with Crippen LogP contribution in [0.15, 0.2) is 30.3 Å². The van der Waals surface area contributed by atoms with Gasteiger partial charge in [0.1, 0.15) is 6.04 Å². The second-order valence-electron chi connectivity index (χ2n) is 3.35. The van der Waals surface area contributed by atoms with Crippen LogP contribution in [0.5, 0.6) is 0 Å². The number of halogens is 1. The Labute approximate surface area is 110 Å². The fourth-order valence-electron chi connectivity index (χ4n) is 1.30. The lowest BCUT2D eigenvalue weighted by atomic mass is 10.1. The van der Waals surface area contributed by atoms with Crippen molar-refractivity contribution in [2.75, 3.05) is 6.54 Å². The first-order valence-electron chi connectivity index (χ1n) is 4.89. The summed E-state index contributed by atoms with van der Waals surface area (Å²) in [6.07, 6.45) is 0.252. The van der Waals surface area contributed by atoms with Crippen LogP contribution in [0.4, 0.5) is 0 Å². The molecule has 0 aliphatic rings. The molecule has 94 valence electrons. The normalized spacial score (nSPS) is 11.1. The monoisotopic (exact) mass is 302 g/mol. The van der Waals surface area contributed by atoms with Crippen LogP contribution in [0.25, 0.3) is 0 Å². The lowest BCUT2D eigenvalue weighted by Gasteiger charge is -2.13. The van der Waals surface area contributed by atoms with Gasteiger partial charge in [0.05, 0.1) is 6.54 Å². The fraction of sp³-hybridized carbons (Fsp3) is 0.273. The third-order valence-corrected chi connectivity index (χ3v) is 2.10. The topological polar surface area (TPSA) is 92.4 Å². The largest absolute Gasteiger partial charge is 0.480 e. The van der Waals surface area contributed by atoms with Gasteiger partial charge in [-0.25, -0.2) is 4.79 Å². The second-order valence-corrected chi connectivity index (χ2v) is 3.35. The van der Waals surface area contributed by atoms with Crippen molar-refractivity contribution in [3.05, 3.63) is 35.9 Å². The first kappa shape index (κ1) is 15.6. The minimum absolute atomic E-state index is 0. The zero-order valence-electron chi connectivity index (χ0n) is 9.13. The Morgan fingerprint density at radius 2 is 1.88 bits per heavy atom. The summed E-state index contributed by atoms with van der Waals surface area (Å²) in [6.45, 7) is -0.210. The molecule has 0 saturated heterocycles. The maximum absolute atomic E-state index is 11.0. The maximum atomic E-state index is 11.0. The molecule has 0 radical (unpaired) electrons. The average molecular weight is 303 g/mol. The van der Waals surface area contributed by atoms with Crippen molar-refractivity contribution >= 4 is 28.9 Å². The lowest BCUT2D eigenvalue weighted by Crippen LogP contribution is -2.44. The van der Waals surface area contributed by atoms with Crippen LogP contribution in [0.2, 0.25) is 0 Å². The molecule has 4 N–H and O–H groups in total. The van der Waals surface area contributed by atoms with Gasteiger partial charge in [-0.05, 0) is 5.56 Å². The van der Waals surface area contributed by atoms with E-state index in [1.807, 2.05) is 30.3 Å². The Morgan fingerprint density at radius 3 is 2.35 bits per heavy atom. The van der Waals surface area contributed by atoms with Crippen molar-refractivity contribution in [1.29, 1.82) is 0 Å². The number of aliphatic carboxylic acids is 1. The molecular weight excluding hydrogens is 288 g/mol. The van der Waals surface area contributed by atoms with E-state index in [1.165, 1.54) is 0 Å². The van der Waals surface area contributed by atoms with Crippen LogP contribution in [0, 0.1) is 0 Å². The van der Waals surface area contributed by atoms with Crippen LogP contribution >= 0.6 is 17.0 Å². The van der Waals surface area contributed by atoms with Gasteiger partial charge < -0.3 is 16.2 Å². The van der Waals surface area contributed by atoms with Gasteiger partial charge in [0.25, 0.3) is 0 Å². The Balaban J connectivity index is 0.00000256. The van der Waals surface area contributed by atoms with Crippen molar-refractivity contribution in [2.24, 2.45) is 5.73 Å². The Hall–Kier alpha value is -1.40. The van der Waals surface area contributed by atoms with Crippen molar-refractivity contribution in [2.45, 2.75) is 12.5 Å². The molecule has 0 heterocycles. The highest BCUT2D eigenvalue weighted by Crippen LogP contribution is 2.03. The van der Waals surface area contributed by atoms with Crippen LogP contribution in [-0.4, -0.2) is 29.6 Å². The summed E-state index contributed by atoms with van der Waals surface area (Å²) in [4.78, 5) is 21.9. The van der Waals surface area contributed by atoms with Gasteiger partial charge in [-0.3, -0.25) is 4.79 Å². The molecule has 1 aromatic rings. The van der Waals surface area contributed by atoms with E-state index in [2.05, 4.69) is 5.32 Å². The van der Waals surface area contributed by atoms with E-state index in [0.717, 1.165) is 5.56 Å². The number of hydrogen-bond donors (Lipinski definition) is 3. The summed E-state index contributed by atoms with van der Waals surface area (Å²) in [6, 6.07) is 8.17. The quantitative estimate of drug-likeness (QED) is 0.731. The van der Waals surface area contributed by atoms with E-state index in [9.17, 15) is 9.59 Å². The molecule has 0 aromatic heterocycles. The molecule has 1 amide bonds.